The zero-order valence-corrected chi connectivity index (χ0v) is 18.7. The molecule has 2 rings (SSSR count). The van der Waals surface area contributed by atoms with E-state index in [1.165, 1.54) is 5.56 Å². The van der Waals surface area contributed by atoms with E-state index < -0.39 is 0 Å². The standard InChI is InChI=1S/C21H28N4O.HI/c1-21(2,18-11-6-5-7-12-18)15-25-20(23-4)24-14-16-9-8-10-17(13-16)19(26)22-3;/h5-13H,14-15H2,1-4H3,(H,22,26)(H2,23,24,25);1H. The van der Waals surface area contributed by atoms with Gasteiger partial charge in [0.05, 0.1) is 0 Å². The van der Waals surface area contributed by atoms with Crippen molar-refractivity contribution in [2.45, 2.75) is 25.8 Å². The van der Waals surface area contributed by atoms with Crippen molar-refractivity contribution in [3.8, 4) is 0 Å². The van der Waals surface area contributed by atoms with E-state index in [1.54, 1.807) is 20.2 Å². The van der Waals surface area contributed by atoms with Crippen LogP contribution in [0.15, 0.2) is 59.6 Å². The Morgan fingerprint density at radius 1 is 1.04 bits per heavy atom. The Morgan fingerprint density at radius 3 is 2.37 bits per heavy atom. The molecule has 2 aromatic rings. The second-order valence-corrected chi connectivity index (χ2v) is 6.81. The molecule has 0 heterocycles. The van der Waals surface area contributed by atoms with E-state index in [0.717, 1.165) is 18.1 Å². The van der Waals surface area contributed by atoms with Gasteiger partial charge < -0.3 is 16.0 Å². The molecule has 0 radical (unpaired) electrons. The second kappa shape index (κ2) is 10.9. The molecule has 0 saturated heterocycles. The summed E-state index contributed by atoms with van der Waals surface area (Å²) in [4.78, 5) is 16.0. The van der Waals surface area contributed by atoms with Gasteiger partial charge in [-0.15, -0.1) is 24.0 Å². The van der Waals surface area contributed by atoms with E-state index in [9.17, 15) is 4.79 Å². The van der Waals surface area contributed by atoms with E-state index in [-0.39, 0.29) is 35.3 Å². The van der Waals surface area contributed by atoms with Gasteiger partial charge in [-0.25, -0.2) is 0 Å². The molecule has 0 spiro atoms. The molecule has 27 heavy (non-hydrogen) atoms. The fourth-order valence-corrected chi connectivity index (χ4v) is 2.67. The lowest BCUT2D eigenvalue weighted by atomic mass is 9.85. The third-order valence-corrected chi connectivity index (χ3v) is 4.35. The number of rotatable bonds is 6. The van der Waals surface area contributed by atoms with Crippen LogP contribution in [0.3, 0.4) is 0 Å². The highest BCUT2D eigenvalue weighted by Gasteiger charge is 2.20. The first-order chi connectivity index (χ1) is 12.5. The molecule has 3 N–H and O–H groups in total. The summed E-state index contributed by atoms with van der Waals surface area (Å²) >= 11 is 0. The van der Waals surface area contributed by atoms with Crippen molar-refractivity contribution >= 4 is 35.8 Å². The minimum absolute atomic E-state index is 0. The van der Waals surface area contributed by atoms with Crippen molar-refractivity contribution in [1.29, 1.82) is 0 Å². The normalized spacial score (nSPS) is 11.3. The number of carbonyl (C=O) groups is 1. The summed E-state index contributed by atoms with van der Waals surface area (Å²) in [6, 6.07) is 18.0. The number of hydrogen-bond acceptors (Lipinski definition) is 2. The Morgan fingerprint density at radius 2 is 1.74 bits per heavy atom. The molecule has 0 bridgehead atoms. The van der Waals surface area contributed by atoms with Crippen molar-refractivity contribution in [3.63, 3.8) is 0 Å². The molecular formula is C21H29IN4O. The molecule has 0 aliphatic carbocycles. The third kappa shape index (κ3) is 6.86. The maximum atomic E-state index is 11.7. The lowest BCUT2D eigenvalue weighted by Gasteiger charge is -2.26. The number of halogens is 1. The Hall–Kier alpha value is -2.09. The summed E-state index contributed by atoms with van der Waals surface area (Å²) < 4.78 is 0. The summed E-state index contributed by atoms with van der Waals surface area (Å²) in [7, 11) is 3.39. The number of hydrogen-bond donors (Lipinski definition) is 3. The van der Waals surface area contributed by atoms with Crippen molar-refractivity contribution in [1.82, 2.24) is 16.0 Å². The van der Waals surface area contributed by atoms with Crippen LogP contribution in [0.25, 0.3) is 0 Å². The van der Waals surface area contributed by atoms with Gasteiger partial charge in [-0.2, -0.15) is 0 Å². The molecule has 0 aromatic heterocycles. The van der Waals surface area contributed by atoms with Crippen molar-refractivity contribution in [3.05, 3.63) is 71.3 Å². The summed E-state index contributed by atoms with van der Waals surface area (Å²) in [6.07, 6.45) is 0. The average molecular weight is 480 g/mol. The number of nitrogens with zero attached hydrogens (tertiary/aromatic N) is 1. The largest absolute Gasteiger partial charge is 0.356 e. The molecule has 0 fully saturated rings. The summed E-state index contributed by atoms with van der Waals surface area (Å²) in [6.45, 7) is 5.76. The van der Waals surface area contributed by atoms with Crippen LogP contribution in [0, 0.1) is 0 Å². The van der Waals surface area contributed by atoms with Gasteiger partial charge in [-0.3, -0.25) is 9.79 Å². The van der Waals surface area contributed by atoms with Gasteiger partial charge in [0.25, 0.3) is 5.91 Å². The summed E-state index contributed by atoms with van der Waals surface area (Å²) in [5.74, 6) is 0.651. The first-order valence-electron chi connectivity index (χ1n) is 8.77. The Kier molecular flexibility index (Phi) is 9.28. The number of benzene rings is 2. The lowest BCUT2D eigenvalue weighted by molar-refractivity contribution is 0.0963. The summed E-state index contributed by atoms with van der Waals surface area (Å²) in [5.41, 5.74) is 2.94. The number of carbonyl (C=O) groups excluding carboxylic acids is 1. The number of nitrogens with one attached hydrogen (secondary N) is 3. The smallest absolute Gasteiger partial charge is 0.251 e. The number of aliphatic imine (C=N–C) groups is 1. The molecule has 1 amide bonds. The molecule has 6 heteroatoms. The Labute approximate surface area is 179 Å². The molecule has 0 unspecified atom stereocenters. The third-order valence-electron chi connectivity index (χ3n) is 4.35. The highest BCUT2D eigenvalue weighted by Crippen LogP contribution is 2.21. The highest BCUT2D eigenvalue weighted by molar-refractivity contribution is 14.0. The minimum atomic E-state index is -0.0843. The van der Waals surface area contributed by atoms with E-state index in [0.29, 0.717) is 12.1 Å². The van der Waals surface area contributed by atoms with Crippen molar-refractivity contribution < 1.29 is 4.79 Å². The Balaban J connectivity index is 0.00000364. The van der Waals surface area contributed by atoms with Crippen molar-refractivity contribution in [2.24, 2.45) is 4.99 Å². The monoisotopic (exact) mass is 480 g/mol. The van der Waals surface area contributed by atoms with Crippen LogP contribution in [0.2, 0.25) is 0 Å². The van der Waals surface area contributed by atoms with Crippen LogP contribution in [0.5, 0.6) is 0 Å². The van der Waals surface area contributed by atoms with Crippen LogP contribution in [-0.4, -0.2) is 32.5 Å². The molecule has 0 aliphatic rings. The highest BCUT2D eigenvalue weighted by atomic mass is 127. The summed E-state index contributed by atoms with van der Waals surface area (Å²) in [5, 5.41) is 9.33. The van der Waals surface area contributed by atoms with E-state index in [1.807, 2.05) is 24.3 Å². The van der Waals surface area contributed by atoms with E-state index in [4.69, 9.17) is 0 Å². The van der Waals surface area contributed by atoms with E-state index in [2.05, 4.69) is 59.1 Å². The van der Waals surface area contributed by atoms with Gasteiger partial charge >= 0.3 is 0 Å². The van der Waals surface area contributed by atoms with Crippen molar-refractivity contribution in [2.75, 3.05) is 20.6 Å². The van der Waals surface area contributed by atoms with Crippen LogP contribution < -0.4 is 16.0 Å². The maximum absolute atomic E-state index is 11.7. The van der Waals surface area contributed by atoms with Crippen LogP contribution in [0.4, 0.5) is 0 Å². The Bertz CT molecular complexity index is 760. The predicted molar refractivity (Wildman–Crippen MR) is 123 cm³/mol. The fraction of sp³-hybridized carbons (Fsp3) is 0.333. The number of amides is 1. The van der Waals surface area contributed by atoms with Gasteiger partial charge in [0.1, 0.15) is 0 Å². The van der Waals surface area contributed by atoms with E-state index >= 15 is 0 Å². The lowest BCUT2D eigenvalue weighted by Crippen LogP contribution is -2.43. The molecule has 0 saturated carbocycles. The van der Waals surface area contributed by atoms with Gasteiger partial charge in [-0.05, 0) is 23.3 Å². The first-order valence-corrected chi connectivity index (χ1v) is 8.77. The topological polar surface area (TPSA) is 65.5 Å². The van der Waals surface area contributed by atoms with Gasteiger partial charge in [0.15, 0.2) is 5.96 Å². The first kappa shape index (κ1) is 23.0. The molecule has 2 aromatic carbocycles. The van der Waals surface area contributed by atoms with Gasteiger partial charge in [0.2, 0.25) is 0 Å². The zero-order valence-electron chi connectivity index (χ0n) is 16.4. The average Bonchev–Trinajstić information content (AvgIpc) is 2.68. The van der Waals surface area contributed by atoms with Crippen LogP contribution in [0.1, 0.15) is 35.3 Å². The van der Waals surface area contributed by atoms with Crippen LogP contribution >= 0.6 is 24.0 Å². The quantitative estimate of drug-likeness (QED) is 0.338. The van der Waals surface area contributed by atoms with Gasteiger partial charge in [-0.1, -0.05) is 56.3 Å². The maximum Gasteiger partial charge on any atom is 0.251 e. The molecular weight excluding hydrogens is 451 g/mol. The SMILES string of the molecule is CN=C(NCc1cccc(C(=O)NC)c1)NCC(C)(C)c1ccccc1.I. The molecule has 146 valence electrons. The second-order valence-electron chi connectivity index (χ2n) is 6.81. The van der Waals surface area contributed by atoms with Crippen LogP contribution in [-0.2, 0) is 12.0 Å². The minimum Gasteiger partial charge on any atom is -0.356 e. The predicted octanol–water partition coefficient (Wildman–Crippen LogP) is 3.31. The fourth-order valence-electron chi connectivity index (χ4n) is 2.67. The molecule has 0 atom stereocenters. The molecule has 5 nitrogen and oxygen atoms in total. The van der Waals surface area contributed by atoms with Gasteiger partial charge in [0, 0.05) is 38.2 Å². The molecule has 0 aliphatic heterocycles. The zero-order chi connectivity index (χ0) is 19.0. The number of guanidine groups is 1.